The van der Waals surface area contributed by atoms with E-state index < -0.39 is 0 Å². The van der Waals surface area contributed by atoms with Crippen LogP contribution in [0, 0.1) is 6.92 Å². The van der Waals surface area contributed by atoms with Gasteiger partial charge in [-0.15, -0.1) is 11.3 Å². The maximum Gasteiger partial charge on any atom is 0.191 e. The van der Waals surface area contributed by atoms with Crippen LogP contribution in [0.2, 0.25) is 0 Å². The SMILES string of the molecule is CCNC(=NCCCCc1nc(C)cs1)NCCSC. The summed E-state index contributed by atoms with van der Waals surface area (Å²) < 4.78 is 0. The fourth-order valence-corrected chi connectivity index (χ4v) is 2.83. The molecule has 2 N–H and O–H groups in total. The summed E-state index contributed by atoms with van der Waals surface area (Å²) in [5.74, 6) is 2.04. The van der Waals surface area contributed by atoms with Crippen molar-refractivity contribution in [2.24, 2.45) is 4.99 Å². The van der Waals surface area contributed by atoms with E-state index in [1.807, 2.05) is 18.7 Å². The van der Waals surface area contributed by atoms with Gasteiger partial charge in [-0.25, -0.2) is 4.98 Å². The van der Waals surface area contributed by atoms with Crippen molar-refractivity contribution in [2.75, 3.05) is 31.6 Å². The molecular weight excluding hydrogens is 288 g/mol. The van der Waals surface area contributed by atoms with Crippen LogP contribution in [0.5, 0.6) is 0 Å². The largest absolute Gasteiger partial charge is 0.357 e. The number of aromatic nitrogens is 1. The predicted molar refractivity (Wildman–Crippen MR) is 92.2 cm³/mol. The first kappa shape index (κ1) is 17.3. The Labute approximate surface area is 130 Å². The lowest BCUT2D eigenvalue weighted by Gasteiger charge is -2.10. The minimum Gasteiger partial charge on any atom is -0.357 e. The zero-order valence-corrected chi connectivity index (χ0v) is 14.4. The van der Waals surface area contributed by atoms with E-state index in [-0.39, 0.29) is 0 Å². The van der Waals surface area contributed by atoms with Gasteiger partial charge in [0.15, 0.2) is 5.96 Å². The number of nitrogens with one attached hydrogen (secondary N) is 2. The number of hydrogen-bond acceptors (Lipinski definition) is 4. The Morgan fingerprint density at radius 1 is 1.40 bits per heavy atom. The van der Waals surface area contributed by atoms with Crippen molar-refractivity contribution < 1.29 is 0 Å². The van der Waals surface area contributed by atoms with Crippen LogP contribution in [0.3, 0.4) is 0 Å². The topological polar surface area (TPSA) is 49.3 Å². The van der Waals surface area contributed by atoms with E-state index in [4.69, 9.17) is 0 Å². The minimum atomic E-state index is 0.874. The first-order valence-electron chi connectivity index (χ1n) is 7.18. The van der Waals surface area contributed by atoms with Crippen molar-refractivity contribution in [1.82, 2.24) is 15.6 Å². The molecule has 114 valence electrons. The molecule has 1 rings (SSSR count). The molecule has 0 atom stereocenters. The number of thioether (sulfide) groups is 1. The number of aliphatic imine (C=N–C) groups is 1. The molecule has 1 aromatic heterocycles. The van der Waals surface area contributed by atoms with Gasteiger partial charge in [-0.2, -0.15) is 11.8 Å². The molecule has 0 aromatic carbocycles. The number of rotatable bonds is 9. The first-order chi connectivity index (χ1) is 9.76. The van der Waals surface area contributed by atoms with Crippen LogP contribution >= 0.6 is 23.1 Å². The van der Waals surface area contributed by atoms with Crippen molar-refractivity contribution in [2.45, 2.75) is 33.1 Å². The molecule has 0 spiro atoms. The second kappa shape index (κ2) is 11.0. The summed E-state index contributed by atoms with van der Waals surface area (Å²) >= 11 is 3.60. The minimum absolute atomic E-state index is 0.874. The van der Waals surface area contributed by atoms with Crippen LogP contribution in [0.15, 0.2) is 10.4 Å². The number of nitrogens with zero attached hydrogens (tertiary/aromatic N) is 2. The third-order valence-electron chi connectivity index (χ3n) is 2.68. The van der Waals surface area contributed by atoms with Crippen molar-refractivity contribution in [1.29, 1.82) is 0 Å². The highest BCUT2D eigenvalue weighted by atomic mass is 32.2. The Bertz CT molecular complexity index is 390. The van der Waals surface area contributed by atoms with Crippen LogP contribution in [-0.2, 0) is 6.42 Å². The van der Waals surface area contributed by atoms with Gasteiger partial charge in [0.1, 0.15) is 0 Å². The fraction of sp³-hybridized carbons (Fsp3) is 0.714. The summed E-state index contributed by atoms with van der Waals surface area (Å²) in [6.45, 7) is 6.89. The van der Waals surface area contributed by atoms with E-state index in [0.717, 1.165) is 56.3 Å². The molecule has 0 amide bonds. The third kappa shape index (κ3) is 7.75. The Balaban J connectivity index is 2.18. The smallest absolute Gasteiger partial charge is 0.191 e. The van der Waals surface area contributed by atoms with Gasteiger partial charge in [0.05, 0.1) is 5.01 Å². The van der Waals surface area contributed by atoms with Gasteiger partial charge in [0.2, 0.25) is 0 Å². The molecule has 1 heterocycles. The molecule has 0 aliphatic carbocycles. The van der Waals surface area contributed by atoms with Gasteiger partial charge >= 0.3 is 0 Å². The van der Waals surface area contributed by atoms with Gasteiger partial charge in [-0.1, -0.05) is 0 Å². The monoisotopic (exact) mass is 314 g/mol. The number of unbranched alkanes of at least 4 members (excludes halogenated alkanes) is 1. The number of aryl methyl sites for hydroxylation is 2. The molecule has 0 aliphatic rings. The number of hydrogen-bond donors (Lipinski definition) is 2. The predicted octanol–water partition coefficient (Wildman–Crippen LogP) is 2.69. The average molecular weight is 315 g/mol. The van der Waals surface area contributed by atoms with Gasteiger partial charge in [0, 0.05) is 36.5 Å². The quantitative estimate of drug-likeness (QED) is 0.418. The van der Waals surface area contributed by atoms with E-state index in [1.165, 1.54) is 5.01 Å². The Hall–Kier alpha value is -0.750. The molecule has 0 unspecified atom stereocenters. The molecule has 0 saturated heterocycles. The maximum absolute atomic E-state index is 4.59. The molecule has 0 bridgehead atoms. The molecule has 20 heavy (non-hydrogen) atoms. The Morgan fingerprint density at radius 3 is 2.90 bits per heavy atom. The first-order valence-corrected chi connectivity index (χ1v) is 9.45. The van der Waals surface area contributed by atoms with E-state index >= 15 is 0 Å². The van der Waals surface area contributed by atoms with Crippen molar-refractivity contribution in [3.05, 3.63) is 16.1 Å². The summed E-state index contributed by atoms with van der Waals surface area (Å²) in [4.78, 5) is 9.07. The van der Waals surface area contributed by atoms with Gasteiger partial charge in [-0.3, -0.25) is 4.99 Å². The summed E-state index contributed by atoms with van der Waals surface area (Å²) in [6, 6.07) is 0. The highest BCUT2D eigenvalue weighted by molar-refractivity contribution is 7.98. The third-order valence-corrected chi connectivity index (χ3v) is 4.32. The number of guanidine groups is 1. The van der Waals surface area contributed by atoms with E-state index in [0.29, 0.717) is 0 Å². The molecule has 4 nitrogen and oxygen atoms in total. The van der Waals surface area contributed by atoms with E-state index in [1.54, 1.807) is 11.3 Å². The lowest BCUT2D eigenvalue weighted by Crippen LogP contribution is -2.38. The molecule has 0 radical (unpaired) electrons. The van der Waals surface area contributed by atoms with Crippen LogP contribution < -0.4 is 10.6 Å². The molecule has 0 fully saturated rings. The lowest BCUT2D eigenvalue weighted by molar-refractivity contribution is 0.731. The summed E-state index contributed by atoms with van der Waals surface area (Å²) in [6.07, 6.45) is 5.45. The van der Waals surface area contributed by atoms with Crippen molar-refractivity contribution in [3.63, 3.8) is 0 Å². The van der Waals surface area contributed by atoms with Crippen molar-refractivity contribution >= 4 is 29.1 Å². The molecule has 1 aromatic rings. The van der Waals surface area contributed by atoms with Crippen LogP contribution in [-0.4, -0.2) is 42.6 Å². The molecular formula is C14H26N4S2. The van der Waals surface area contributed by atoms with E-state index in [2.05, 4.69) is 39.2 Å². The summed E-state index contributed by atoms with van der Waals surface area (Å²) in [7, 11) is 0. The standard InChI is InChI=1S/C14H26N4S2/c1-4-15-14(17-9-10-19-3)16-8-6-5-7-13-18-12(2)11-20-13/h11H,4-10H2,1-3H3,(H2,15,16,17). The van der Waals surface area contributed by atoms with Gasteiger partial charge < -0.3 is 10.6 Å². The molecule has 0 aliphatic heterocycles. The fourth-order valence-electron chi connectivity index (χ4n) is 1.71. The molecule has 0 saturated carbocycles. The van der Waals surface area contributed by atoms with Crippen molar-refractivity contribution in [3.8, 4) is 0 Å². The maximum atomic E-state index is 4.59. The second-order valence-corrected chi connectivity index (χ2v) is 6.45. The lowest BCUT2D eigenvalue weighted by atomic mass is 10.2. The van der Waals surface area contributed by atoms with Crippen LogP contribution in [0.1, 0.15) is 30.5 Å². The zero-order valence-electron chi connectivity index (χ0n) is 12.7. The Kier molecular flexibility index (Phi) is 9.49. The summed E-state index contributed by atoms with van der Waals surface area (Å²) in [5, 5.41) is 9.98. The Morgan fingerprint density at radius 2 is 2.25 bits per heavy atom. The van der Waals surface area contributed by atoms with Gasteiger partial charge in [-0.05, 0) is 39.4 Å². The number of thiazole rings is 1. The normalized spacial score (nSPS) is 11.7. The summed E-state index contributed by atoms with van der Waals surface area (Å²) in [5.41, 5.74) is 1.13. The van der Waals surface area contributed by atoms with Crippen LogP contribution in [0.25, 0.3) is 0 Å². The molecule has 6 heteroatoms. The second-order valence-electron chi connectivity index (χ2n) is 4.52. The average Bonchev–Trinajstić information content (AvgIpc) is 2.84. The zero-order chi connectivity index (χ0) is 14.6. The van der Waals surface area contributed by atoms with E-state index in [9.17, 15) is 0 Å². The van der Waals surface area contributed by atoms with Crippen LogP contribution in [0.4, 0.5) is 0 Å². The highest BCUT2D eigenvalue weighted by Crippen LogP contribution is 2.11. The van der Waals surface area contributed by atoms with Gasteiger partial charge in [0.25, 0.3) is 0 Å². The highest BCUT2D eigenvalue weighted by Gasteiger charge is 1.99.